The minimum Gasteiger partial charge on any atom is -0.508 e. The molecule has 0 aliphatic carbocycles. The van der Waals surface area contributed by atoms with Crippen molar-refractivity contribution in [2.75, 3.05) is 0 Å². The second-order valence-electron chi connectivity index (χ2n) is 5.63. The second-order valence-corrected chi connectivity index (χ2v) is 5.63. The van der Waals surface area contributed by atoms with Crippen LogP contribution in [0.4, 0.5) is 0 Å². The molecule has 0 unspecified atom stereocenters. The SMILES string of the molecule is C/C(=N\NC(=O)c1ccc(-c2ccccc2)cc1)c1cccc(O)c1. The minimum absolute atomic E-state index is 0.162. The van der Waals surface area contributed by atoms with E-state index in [2.05, 4.69) is 10.5 Å². The first-order chi connectivity index (χ1) is 12.1. The molecule has 4 heteroatoms. The predicted molar refractivity (Wildman–Crippen MR) is 99.7 cm³/mol. The van der Waals surface area contributed by atoms with E-state index in [0.717, 1.165) is 16.7 Å². The fourth-order valence-corrected chi connectivity index (χ4v) is 2.44. The van der Waals surface area contributed by atoms with Gasteiger partial charge in [0.25, 0.3) is 5.91 Å². The Hall–Kier alpha value is -3.40. The van der Waals surface area contributed by atoms with E-state index in [0.29, 0.717) is 11.3 Å². The van der Waals surface area contributed by atoms with Gasteiger partial charge in [0.2, 0.25) is 0 Å². The highest BCUT2D eigenvalue weighted by Gasteiger charge is 2.06. The normalized spacial score (nSPS) is 11.2. The van der Waals surface area contributed by atoms with E-state index < -0.39 is 0 Å². The molecule has 3 rings (SSSR count). The first kappa shape index (κ1) is 16.5. The van der Waals surface area contributed by atoms with Gasteiger partial charge in [-0.2, -0.15) is 5.10 Å². The van der Waals surface area contributed by atoms with Gasteiger partial charge in [0, 0.05) is 11.1 Å². The van der Waals surface area contributed by atoms with Gasteiger partial charge in [-0.05, 0) is 42.3 Å². The third kappa shape index (κ3) is 4.12. The van der Waals surface area contributed by atoms with E-state index in [1.54, 1.807) is 37.3 Å². The Labute approximate surface area is 146 Å². The van der Waals surface area contributed by atoms with Gasteiger partial charge in [-0.25, -0.2) is 5.43 Å². The van der Waals surface area contributed by atoms with Crippen LogP contribution in [0, 0.1) is 0 Å². The summed E-state index contributed by atoms with van der Waals surface area (Å²) < 4.78 is 0. The number of carbonyl (C=O) groups excluding carboxylic acids is 1. The van der Waals surface area contributed by atoms with Crippen molar-refractivity contribution in [2.24, 2.45) is 5.10 Å². The first-order valence-electron chi connectivity index (χ1n) is 7.93. The van der Waals surface area contributed by atoms with Crippen molar-refractivity contribution in [3.05, 3.63) is 90.0 Å². The smallest absolute Gasteiger partial charge is 0.271 e. The number of carbonyl (C=O) groups is 1. The number of hydrogen-bond acceptors (Lipinski definition) is 3. The predicted octanol–water partition coefficient (Wildman–Crippen LogP) is 4.21. The van der Waals surface area contributed by atoms with E-state index in [4.69, 9.17) is 0 Å². The highest BCUT2D eigenvalue weighted by atomic mass is 16.3. The summed E-state index contributed by atoms with van der Waals surface area (Å²) in [6, 6.07) is 24.1. The molecule has 0 radical (unpaired) electrons. The molecule has 0 bridgehead atoms. The zero-order valence-electron chi connectivity index (χ0n) is 13.8. The van der Waals surface area contributed by atoms with E-state index in [1.807, 2.05) is 48.5 Å². The number of rotatable bonds is 4. The molecule has 2 N–H and O–H groups in total. The molecule has 0 heterocycles. The van der Waals surface area contributed by atoms with Gasteiger partial charge in [0.1, 0.15) is 5.75 Å². The lowest BCUT2D eigenvalue weighted by molar-refractivity contribution is 0.0955. The topological polar surface area (TPSA) is 61.7 Å². The number of aromatic hydroxyl groups is 1. The number of nitrogens with zero attached hydrogens (tertiary/aromatic N) is 1. The Kier molecular flexibility index (Phi) is 4.90. The summed E-state index contributed by atoms with van der Waals surface area (Å²) in [5.74, 6) is -0.117. The number of benzene rings is 3. The Morgan fingerprint density at radius 3 is 2.20 bits per heavy atom. The largest absolute Gasteiger partial charge is 0.508 e. The highest BCUT2D eigenvalue weighted by molar-refractivity contribution is 6.01. The highest BCUT2D eigenvalue weighted by Crippen LogP contribution is 2.19. The van der Waals surface area contributed by atoms with E-state index in [1.165, 1.54) is 0 Å². The van der Waals surface area contributed by atoms with Gasteiger partial charge in [0.15, 0.2) is 0 Å². The molecule has 0 aromatic heterocycles. The van der Waals surface area contributed by atoms with Crippen LogP contribution in [-0.2, 0) is 0 Å². The molecule has 3 aromatic carbocycles. The van der Waals surface area contributed by atoms with Crippen LogP contribution in [0.1, 0.15) is 22.8 Å². The molecule has 0 fully saturated rings. The van der Waals surface area contributed by atoms with Gasteiger partial charge in [-0.3, -0.25) is 4.79 Å². The number of phenols is 1. The number of phenolic OH excluding ortho intramolecular Hbond substituents is 1. The van der Waals surface area contributed by atoms with Crippen molar-refractivity contribution in [3.8, 4) is 16.9 Å². The molecule has 1 amide bonds. The molecule has 0 aliphatic heterocycles. The summed E-state index contributed by atoms with van der Waals surface area (Å²) in [4.78, 5) is 12.2. The van der Waals surface area contributed by atoms with Crippen LogP contribution in [0.25, 0.3) is 11.1 Å². The maximum Gasteiger partial charge on any atom is 0.271 e. The number of nitrogens with one attached hydrogen (secondary N) is 1. The van der Waals surface area contributed by atoms with Crippen molar-refractivity contribution < 1.29 is 9.90 Å². The Morgan fingerprint density at radius 2 is 1.52 bits per heavy atom. The van der Waals surface area contributed by atoms with Crippen LogP contribution in [0.2, 0.25) is 0 Å². The number of hydrogen-bond donors (Lipinski definition) is 2. The van der Waals surface area contributed by atoms with Gasteiger partial charge in [-0.1, -0.05) is 54.6 Å². The lowest BCUT2D eigenvalue weighted by Crippen LogP contribution is -2.19. The zero-order chi connectivity index (χ0) is 17.6. The summed E-state index contributed by atoms with van der Waals surface area (Å²) in [5.41, 5.74) is 6.60. The van der Waals surface area contributed by atoms with Crippen molar-refractivity contribution in [1.29, 1.82) is 0 Å². The minimum atomic E-state index is -0.279. The number of amides is 1. The fraction of sp³-hybridized carbons (Fsp3) is 0.0476. The number of hydrazone groups is 1. The Bertz CT molecular complexity index is 901. The molecular weight excluding hydrogens is 312 g/mol. The molecule has 0 saturated carbocycles. The van der Waals surface area contributed by atoms with Gasteiger partial charge in [-0.15, -0.1) is 0 Å². The van der Waals surface area contributed by atoms with Crippen LogP contribution in [0.15, 0.2) is 84.0 Å². The maximum atomic E-state index is 12.2. The molecule has 0 spiro atoms. The van der Waals surface area contributed by atoms with Crippen LogP contribution in [-0.4, -0.2) is 16.7 Å². The molecule has 124 valence electrons. The molecule has 0 atom stereocenters. The maximum absolute atomic E-state index is 12.2. The van der Waals surface area contributed by atoms with Crippen molar-refractivity contribution in [2.45, 2.75) is 6.92 Å². The summed E-state index contributed by atoms with van der Waals surface area (Å²) in [7, 11) is 0. The molecule has 4 nitrogen and oxygen atoms in total. The summed E-state index contributed by atoms with van der Waals surface area (Å²) in [5, 5.41) is 13.6. The van der Waals surface area contributed by atoms with Crippen molar-refractivity contribution >= 4 is 11.6 Å². The van der Waals surface area contributed by atoms with Gasteiger partial charge < -0.3 is 5.11 Å². The van der Waals surface area contributed by atoms with Crippen LogP contribution >= 0.6 is 0 Å². The third-order valence-corrected chi connectivity index (χ3v) is 3.84. The molecule has 25 heavy (non-hydrogen) atoms. The van der Waals surface area contributed by atoms with E-state index in [-0.39, 0.29) is 11.7 Å². The molecule has 0 aliphatic rings. The fourth-order valence-electron chi connectivity index (χ4n) is 2.44. The zero-order valence-corrected chi connectivity index (χ0v) is 13.8. The summed E-state index contributed by atoms with van der Waals surface area (Å²) >= 11 is 0. The standard InChI is InChI=1S/C21H18N2O2/c1-15(19-8-5-9-20(24)14-19)22-23-21(25)18-12-10-17(11-13-18)16-6-3-2-4-7-16/h2-14,24H,1H3,(H,23,25)/b22-15+. The Balaban J connectivity index is 1.70. The average Bonchev–Trinajstić information content (AvgIpc) is 2.66. The van der Waals surface area contributed by atoms with E-state index >= 15 is 0 Å². The van der Waals surface area contributed by atoms with Crippen LogP contribution < -0.4 is 5.43 Å². The summed E-state index contributed by atoms with van der Waals surface area (Å²) in [6.07, 6.45) is 0. The average molecular weight is 330 g/mol. The lowest BCUT2D eigenvalue weighted by atomic mass is 10.0. The molecule has 0 saturated heterocycles. The lowest BCUT2D eigenvalue weighted by Gasteiger charge is -2.05. The molecule has 3 aromatic rings. The Morgan fingerprint density at radius 1 is 0.840 bits per heavy atom. The first-order valence-corrected chi connectivity index (χ1v) is 7.93. The summed E-state index contributed by atoms with van der Waals surface area (Å²) in [6.45, 7) is 1.77. The van der Waals surface area contributed by atoms with Gasteiger partial charge in [0.05, 0.1) is 5.71 Å². The molecular formula is C21H18N2O2. The van der Waals surface area contributed by atoms with Crippen molar-refractivity contribution in [1.82, 2.24) is 5.43 Å². The third-order valence-electron chi connectivity index (χ3n) is 3.84. The quantitative estimate of drug-likeness (QED) is 0.556. The monoisotopic (exact) mass is 330 g/mol. The van der Waals surface area contributed by atoms with E-state index in [9.17, 15) is 9.90 Å². The second kappa shape index (κ2) is 7.45. The van der Waals surface area contributed by atoms with Crippen LogP contribution in [0.5, 0.6) is 5.75 Å². The van der Waals surface area contributed by atoms with Crippen LogP contribution in [0.3, 0.4) is 0 Å². The van der Waals surface area contributed by atoms with Crippen molar-refractivity contribution in [3.63, 3.8) is 0 Å². The van der Waals surface area contributed by atoms with Gasteiger partial charge >= 0.3 is 0 Å².